The highest BCUT2D eigenvalue weighted by Crippen LogP contribution is 2.30. The summed E-state index contributed by atoms with van der Waals surface area (Å²) < 4.78 is 0.965. The van der Waals surface area contributed by atoms with E-state index in [1.54, 1.807) is 0 Å². The van der Waals surface area contributed by atoms with Gasteiger partial charge in [-0.25, -0.2) is 0 Å². The van der Waals surface area contributed by atoms with Crippen LogP contribution in [0.1, 0.15) is 42.6 Å². The lowest BCUT2D eigenvalue weighted by atomic mass is 9.84. The third-order valence-corrected chi connectivity index (χ3v) is 4.11. The van der Waals surface area contributed by atoms with E-state index < -0.39 is 0 Å². The summed E-state index contributed by atoms with van der Waals surface area (Å²) in [5.74, 6) is 0.168. The molecule has 98 valence electrons. The summed E-state index contributed by atoms with van der Waals surface area (Å²) in [7, 11) is 0. The molecular weight excluding hydrogens is 290 g/mol. The van der Waals surface area contributed by atoms with Crippen molar-refractivity contribution < 1.29 is 4.79 Å². The van der Waals surface area contributed by atoms with Crippen LogP contribution in [0.15, 0.2) is 22.7 Å². The van der Waals surface area contributed by atoms with Crippen molar-refractivity contribution in [2.24, 2.45) is 5.41 Å². The van der Waals surface area contributed by atoms with Crippen molar-refractivity contribution in [1.29, 1.82) is 0 Å². The molecule has 1 aromatic carbocycles. The molecule has 0 atom stereocenters. The Hall–Kier alpha value is -0.830. The molecule has 3 heteroatoms. The molecule has 1 amide bonds. The summed E-state index contributed by atoms with van der Waals surface area (Å²) >= 11 is 3.44. The number of nitrogens with zero attached hydrogens (tertiary/aromatic N) is 1. The van der Waals surface area contributed by atoms with Gasteiger partial charge in [0.2, 0.25) is 0 Å². The van der Waals surface area contributed by atoms with E-state index in [9.17, 15) is 4.79 Å². The number of hydrogen-bond donors (Lipinski definition) is 0. The predicted octanol–water partition coefficient (Wildman–Crippen LogP) is 4.02. The molecule has 1 aromatic rings. The van der Waals surface area contributed by atoms with Crippen molar-refractivity contribution in [1.82, 2.24) is 4.90 Å². The van der Waals surface area contributed by atoms with Crippen molar-refractivity contribution in [2.75, 3.05) is 13.1 Å². The van der Waals surface area contributed by atoms with E-state index in [-0.39, 0.29) is 11.3 Å². The third kappa shape index (κ3) is 2.94. The maximum Gasteiger partial charge on any atom is 0.254 e. The first-order chi connectivity index (χ1) is 8.39. The van der Waals surface area contributed by atoms with E-state index in [0.29, 0.717) is 0 Å². The molecule has 0 bridgehead atoms. The van der Waals surface area contributed by atoms with E-state index in [2.05, 4.69) is 29.8 Å². The van der Waals surface area contributed by atoms with Gasteiger partial charge in [0.05, 0.1) is 0 Å². The Morgan fingerprint density at radius 2 is 2.11 bits per heavy atom. The lowest BCUT2D eigenvalue weighted by molar-refractivity contribution is 0.0582. The largest absolute Gasteiger partial charge is 0.338 e. The van der Waals surface area contributed by atoms with E-state index in [0.717, 1.165) is 35.1 Å². The van der Waals surface area contributed by atoms with Gasteiger partial charge < -0.3 is 4.90 Å². The molecule has 1 heterocycles. The molecule has 1 saturated heterocycles. The normalized spacial score (nSPS) is 18.8. The number of halogens is 1. The Balaban J connectivity index is 2.23. The van der Waals surface area contributed by atoms with Crippen LogP contribution < -0.4 is 0 Å². The number of amides is 1. The molecule has 0 saturated carbocycles. The predicted molar refractivity (Wildman–Crippen MR) is 77.8 cm³/mol. The smallest absolute Gasteiger partial charge is 0.254 e. The number of carbonyl (C=O) groups excluding carboxylic acids is 1. The minimum atomic E-state index is 0.168. The fraction of sp³-hybridized carbons (Fsp3) is 0.533. The summed E-state index contributed by atoms with van der Waals surface area (Å²) in [5, 5.41) is 0. The van der Waals surface area contributed by atoms with Crippen LogP contribution in [-0.4, -0.2) is 23.9 Å². The van der Waals surface area contributed by atoms with Gasteiger partial charge in [0, 0.05) is 23.1 Å². The van der Waals surface area contributed by atoms with Gasteiger partial charge in [-0.3, -0.25) is 4.79 Å². The quantitative estimate of drug-likeness (QED) is 0.767. The van der Waals surface area contributed by atoms with Crippen molar-refractivity contribution in [2.45, 2.75) is 33.6 Å². The van der Waals surface area contributed by atoms with Crippen LogP contribution in [0.2, 0.25) is 0 Å². The Morgan fingerprint density at radius 1 is 1.39 bits per heavy atom. The zero-order valence-electron chi connectivity index (χ0n) is 11.3. The zero-order valence-corrected chi connectivity index (χ0v) is 12.9. The summed E-state index contributed by atoms with van der Waals surface area (Å²) in [5.41, 5.74) is 2.11. The number of hydrogen-bond acceptors (Lipinski definition) is 1. The van der Waals surface area contributed by atoms with Gasteiger partial charge in [-0.05, 0) is 42.9 Å². The molecule has 0 spiro atoms. The standard InChI is InChI=1S/C15H20BrNO/c1-11-5-6-12(16)9-13(11)14(18)17-8-4-7-15(2,3)10-17/h5-6,9H,4,7-8,10H2,1-3H3. The summed E-state index contributed by atoms with van der Waals surface area (Å²) in [4.78, 5) is 14.6. The molecule has 0 radical (unpaired) electrons. The average Bonchev–Trinajstić information content (AvgIpc) is 2.30. The fourth-order valence-corrected chi connectivity index (χ4v) is 2.95. The van der Waals surface area contributed by atoms with E-state index in [1.807, 2.05) is 30.0 Å². The second-order valence-electron chi connectivity index (χ2n) is 5.95. The molecule has 0 aliphatic carbocycles. The molecule has 1 fully saturated rings. The van der Waals surface area contributed by atoms with E-state index in [1.165, 1.54) is 6.42 Å². The van der Waals surface area contributed by atoms with Crippen LogP contribution in [0.3, 0.4) is 0 Å². The Bertz CT molecular complexity index is 468. The number of rotatable bonds is 1. The second kappa shape index (κ2) is 5.04. The first kappa shape index (κ1) is 13.6. The molecule has 0 unspecified atom stereocenters. The van der Waals surface area contributed by atoms with E-state index >= 15 is 0 Å². The SMILES string of the molecule is Cc1ccc(Br)cc1C(=O)N1CCCC(C)(C)C1. The number of aryl methyl sites for hydroxylation is 1. The lowest BCUT2D eigenvalue weighted by Gasteiger charge is -2.38. The lowest BCUT2D eigenvalue weighted by Crippen LogP contribution is -2.43. The van der Waals surface area contributed by atoms with Gasteiger partial charge in [0.1, 0.15) is 0 Å². The van der Waals surface area contributed by atoms with Gasteiger partial charge in [0.15, 0.2) is 0 Å². The van der Waals surface area contributed by atoms with Crippen molar-refractivity contribution in [3.05, 3.63) is 33.8 Å². The molecule has 2 rings (SSSR count). The first-order valence-corrected chi connectivity index (χ1v) is 7.24. The van der Waals surface area contributed by atoms with Crippen molar-refractivity contribution in [3.63, 3.8) is 0 Å². The fourth-order valence-electron chi connectivity index (χ4n) is 2.59. The van der Waals surface area contributed by atoms with Crippen LogP contribution in [0, 0.1) is 12.3 Å². The van der Waals surface area contributed by atoms with Crippen LogP contribution in [0.5, 0.6) is 0 Å². The number of piperidine rings is 1. The summed E-state index contributed by atoms with van der Waals surface area (Å²) in [6, 6.07) is 5.90. The van der Waals surface area contributed by atoms with Crippen LogP contribution in [0.25, 0.3) is 0 Å². The van der Waals surface area contributed by atoms with Gasteiger partial charge >= 0.3 is 0 Å². The maximum absolute atomic E-state index is 12.6. The molecule has 0 aromatic heterocycles. The highest BCUT2D eigenvalue weighted by Gasteiger charge is 2.30. The average molecular weight is 310 g/mol. The summed E-state index contributed by atoms with van der Waals surface area (Å²) in [6.07, 6.45) is 2.31. The minimum absolute atomic E-state index is 0.168. The van der Waals surface area contributed by atoms with Crippen LogP contribution >= 0.6 is 15.9 Å². The van der Waals surface area contributed by atoms with Crippen molar-refractivity contribution >= 4 is 21.8 Å². The highest BCUT2D eigenvalue weighted by molar-refractivity contribution is 9.10. The second-order valence-corrected chi connectivity index (χ2v) is 6.87. The van der Waals surface area contributed by atoms with Crippen LogP contribution in [0.4, 0.5) is 0 Å². The molecule has 1 aliphatic heterocycles. The first-order valence-electron chi connectivity index (χ1n) is 6.44. The van der Waals surface area contributed by atoms with Gasteiger partial charge in [-0.15, -0.1) is 0 Å². The number of likely N-dealkylation sites (tertiary alicyclic amines) is 1. The Kier molecular flexibility index (Phi) is 3.81. The zero-order chi connectivity index (χ0) is 13.3. The summed E-state index contributed by atoms with van der Waals surface area (Å²) in [6.45, 7) is 8.21. The van der Waals surface area contributed by atoms with E-state index in [4.69, 9.17) is 0 Å². The van der Waals surface area contributed by atoms with Crippen molar-refractivity contribution in [3.8, 4) is 0 Å². The van der Waals surface area contributed by atoms with Gasteiger partial charge in [-0.1, -0.05) is 35.8 Å². The number of benzene rings is 1. The minimum Gasteiger partial charge on any atom is -0.338 e. The Morgan fingerprint density at radius 3 is 2.78 bits per heavy atom. The molecular formula is C15H20BrNO. The van der Waals surface area contributed by atoms with Gasteiger partial charge in [-0.2, -0.15) is 0 Å². The molecule has 18 heavy (non-hydrogen) atoms. The Labute approximate surface area is 117 Å². The number of carbonyl (C=O) groups is 1. The monoisotopic (exact) mass is 309 g/mol. The maximum atomic E-state index is 12.6. The third-order valence-electron chi connectivity index (χ3n) is 3.62. The molecule has 1 aliphatic rings. The van der Waals surface area contributed by atoms with Gasteiger partial charge in [0.25, 0.3) is 5.91 Å². The topological polar surface area (TPSA) is 20.3 Å². The van der Waals surface area contributed by atoms with Crippen LogP contribution in [-0.2, 0) is 0 Å². The molecule has 0 N–H and O–H groups in total. The highest BCUT2D eigenvalue weighted by atomic mass is 79.9. The molecule has 2 nitrogen and oxygen atoms in total.